The van der Waals surface area contributed by atoms with Crippen LogP contribution in [0.1, 0.15) is 0 Å². The van der Waals surface area contributed by atoms with Gasteiger partial charge >= 0.3 is 0 Å². The maximum atomic E-state index is 5.22. The molecule has 0 atom stereocenters. The summed E-state index contributed by atoms with van der Waals surface area (Å²) in [4.78, 5) is 15.3. The van der Waals surface area contributed by atoms with Gasteiger partial charge in [-0.25, -0.2) is 14.7 Å². The minimum atomic E-state index is 0.498. The van der Waals surface area contributed by atoms with E-state index in [1.165, 1.54) is 0 Å². The lowest BCUT2D eigenvalue weighted by atomic mass is 10.3. The van der Waals surface area contributed by atoms with Gasteiger partial charge in [-0.05, 0) is 48.5 Å². The third-order valence-electron chi connectivity index (χ3n) is 4.19. The second-order valence-corrected chi connectivity index (χ2v) is 6.61. The molecule has 146 valence electrons. The SMILES string of the molecule is COc1ccc(-n2ncc3cnc(Nc4ccc(N=CN(C)C)cc4)nc32)cc1. The van der Waals surface area contributed by atoms with Gasteiger partial charge in [0.25, 0.3) is 0 Å². The lowest BCUT2D eigenvalue weighted by Gasteiger charge is -2.07. The molecule has 29 heavy (non-hydrogen) atoms. The number of aromatic nitrogens is 4. The Morgan fingerprint density at radius 3 is 2.48 bits per heavy atom. The number of anilines is 2. The van der Waals surface area contributed by atoms with Crippen molar-refractivity contribution < 1.29 is 4.74 Å². The molecule has 8 nitrogen and oxygen atoms in total. The zero-order valence-electron chi connectivity index (χ0n) is 16.4. The van der Waals surface area contributed by atoms with Crippen molar-refractivity contribution in [1.29, 1.82) is 0 Å². The van der Waals surface area contributed by atoms with Crippen molar-refractivity contribution in [3.63, 3.8) is 0 Å². The van der Waals surface area contributed by atoms with E-state index in [2.05, 4.69) is 25.4 Å². The molecule has 0 bridgehead atoms. The lowest BCUT2D eigenvalue weighted by molar-refractivity contribution is 0.414. The summed E-state index contributed by atoms with van der Waals surface area (Å²) in [6, 6.07) is 15.4. The fraction of sp³-hybridized carbons (Fsp3) is 0.143. The Labute approximate surface area is 168 Å². The van der Waals surface area contributed by atoms with Gasteiger partial charge in [0.1, 0.15) is 5.75 Å². The first-order chi connectivity index (χ1) is 14.1. The molecular weight excluding hydrogens is 366 g/mol. The van der Waals surface area contributed by atoms with E-state index < -0.39 is 0 Å². The molecule has 0 spiro atoms. The van der Waals surface area contributed by atoms with Crippen molar-refractivity contribution in [2.75, 3.05) is 26.5 Å². The first kappa shape index (κ1) is 18.4. The molecule has 2 aromatic carbocycles. The predicted octanol–water partition coefficient (Wildman–Crippen LogP) is 3.79. The Kier molecular flexibility index (Phi) is 5.07. The van der Waals surface area contributed by atoms with Gasteiger partial charge in [-0.3, -0.25) is 0 Å². The summed E-state index contributed by atoms with van der Waals surface area (Å²) in [5.74, 6) is 1.29. The molecule has 0 unspecified atom stereocenters. The zero-order chi connectivity index (χ0) is 20.2. The van der Waals surface area contributed by atoms with Crippen LogP contribution >= 0.6 is 0 Å². The average Bonchev–Trinajstić information content (AvgIpc) is 3.16. The van der Waals surface area contributed by atoms with E-state index in [-0.39, 0.29) is 0 Å². The van der Waals surface area contributed by atoms with E-state index in [9.17, 15) is 0 Å². The van der Waals surface area contributed by atoms with Gasteiger partial charge in [0.05, 0.1) is 36.4 Å². The van der Waals surface area contributed by atoms with Crippen molar-refractivity contribution in [2.24, 2.45) is 4.99 Å². The Balaban J connectivity index is 1.58. The summed E-state index contributed by atoms with van der Waals surface area (Å²) in [6.45, 7) is 0. The Morgan fingerprint density at radius 1 is 1.03 bits per heavy atom. The average molecular weight is 387 g/mol. The Bertz CT molecular complexity index is 1130. The summed E-state index contributed by atoms with van der Waals surface area (Å²) in [5.41, 5.74) is 3.37. The summed E-state index contributed by atoms with van der Waals surface area (Å²) in [5, 5.41) is 8.53. The smallest absolute Gasteiger partial charge is 0.229 e. The molecule has 0 saturated carbocycles. The zero-order valence-corrected chi connectivity index (χ0v) is 16.4. The summed E-state index contributed by atoms with van der Waals surface area (Å²) < 4.78 is 7.00. The quantitative estimate of drug-likeness (QED) is 0.400. The molecule has 0 saturated heterocycles. The molecule has 0 radical (unpaired) electrons. The monoisotopic (exact) mass is 387 g/mol. The van der Waals surface area contributed by atoms with E-state index >= 15 is 0 Å². The highest BCUT2D eigenvalue weighted by Gasteiger charge is 2.09. The number of benzene rings is 2. The van der Waals surface area contributed by atoms with Crippen molar-refractivity contribution >= 4 is 34.7 Å². The number of hydrogen-bond acceptors (Lipinski definition) is 6. The lowest BCUT2D eigenvalue weighted by Crippen LogP contribution is -2.06. The van der Waals surface area contributed by atoms with Crippen LogP contribution in [0.25, 0.3) is 16.7 Å². The van der Waals surface area contributed by atoms with Crippen molar-refractivity contribution in [3.05, 3.63) is 60.9 Å². The highest BCUT2D eigenvalue weighted by atomic mass is 16.5. The van der Waals surface area contributed by atoms with Gasteiger partial charge in [-0.1, -0.05) is 0 Å². The van der Waals surface area contributed by atoms with E-state index in [1.807, 2.05) is 67.5 Å². The normalized spacial score (nSPS) is 11.1. The summed E-state index contributed by atoms with van der Waals surface area (Å²) in [6.07, 6.45) is 5.27. The Morgan fingerprint density at radius 2 is 1.79 bits per heavy atom. The van der Waals surface area contributed by atoms with Crippen LogP contribution in [0.15, 0.2) is 65.9 Å². The van der Waals surface area contributed by atoms with Gasteiger partial charge in [0.15, 0.2) is 5.65 Å². The molecule has 2 heterocycles. The van der Waals surface area contributed by atoms with Crippen molar-refractivity contribution in [2.45, 2.75) is 0 Å². The van der Waals surface area contributed by atoms with Crippen LogP contribution in [-0.2, 0) is 0 Å². The first-order valence-electron chi connectivity index (χ1n) is 9.05. The maximum absolute atomic E-state index is 5.22. The Hall–Kier alpha value is -3.94. The number of fused-ring (bicyclic) bond motifs is 1. The highest BCUT2D eigenvalue weighted by Crippen LogP contribution is 2.22. The number of nitrogens with zero attached hydrogens (tertiary/aromatic N) is 6. The fourth-order valence-corrected chi connectivity index (χ4v) is 2.73. The van der Waals surface area contributed by atoms with Crippen LogP contribution in [-0.4, -0.2) is 52.2 Å². The van der Waals surface area contributed by atoms with Gasteiger partial charge < -0.3 is 15.0 Å². The van der Waals surface area contributed by atoms with Gasteiger partial charge in [0.2, 0.25) is 5.95 Å². The molecular formula is C21H21N7O. The fourth-order valence-electron chi connectivity index (χ4n) is 2.73. The van der Waals surface area contributed by atoms with Gasteiger partial charge in [0, 0.05) is 26.0 Å². The molecule has 1 N–H and O–H groups in total. The minimum absolute atomic E-state index is 0.498. The number of nitrogens with one attached hydrogen (secondary N) is 1. The third kappa shape index (κ3) is 4.16. The maximum Gasteiger partial charge on any atom is 0.229 e. The highest BCUT2D eigenvalue weighted by molar-refractivity contribution is 5.77. The van der Waals surface area contributed by atoms with Crippen LogP contribution in [0.4, 0.5) is 17.3 Å². The molecule has 0 aliphatic rings. The third-order valence-corrected chi connectivity index (χ3v) is 4.19. The minimum Gasteiger partial charge on any atom is -0.497 e. The number of rotatable bonds is 6. The summed E-state index contributed by atoms with van der Waals surface area (Å²) >= 11 is 0. The molecule has 0 aliphatic carbocycles. The van der Waals surface area contributed by atoms with Gasteiger partial charge in [-0.2, -0.15) is 10.1 Å². The van der Waals surface area contributed by atoms with E-state index in [0.29, 0.717) is 5.95 Å². The largest absolute Gasteiger partial charge is 0.497 e. The number of ether oxygens (including phenoxy) is 1. The second-order valence-electron chi connectivity index (χ2n) is 6.61. The number of hydrogen-bond donors (Lipinski definition) is 1. The first-order valence-corrected chi connectivity index (χ1v) is 9.05. The van der Waals surface area contributed by atoms with E-state index in [0.717, 1.165) is 33.8 Å². The van der Waals surface area contributed by atoms with E-state index in [1.54, 1.807) is 30.5 Å². The molecule has 2 aromatic heterocycles. The number of aliphatic imine (C=N–C) groups is 1. The molecule has 0 fully saturated rings. The van der Waals surface area contributed by atoms with Crippen LogP contribution in [0, 0.1) is 0 Å². The standard InChI is InChI=1S/C21H21N7O/c1-27(2)14-23-16-4-6-17(7-5-16)25-21-22-12-15-13-24-28(20(15)26-21)18-8-10-19(29-3)11-9-18/h4-14H,1-3H3,(H,22,25,26). The second kappa shape index (κ2) is 7.97. The number of methoxy groups -OCH3 is 1. The van der Waals surface area contributed by atoms with Crippen molar-refractivity contribution in [3.8, 4) is 11.4 Å². The molecule has 0 amide bonds. The molecule has 4 rings (SSSR count). The molecule has 4 aromatic rings. The molecule has 8 heteroatoms. The van der Waals surface area contributed by atoms with Crippen LogP contribution in [0.2, 0.25) is 0 Å². The van der Waals surface area contributed by atoms with Crippen LogP contribution in [0.5, 0.6) is 5.75 Å². The van der Waals surface area contributed by atoms with Crippen molar-refractivity contribution in [1.82, 2.24) is 24.6 Å². The van der Waals surface area contributed by atoms with E-state index in [4.69, 9.17) is 4.74 Å². The summed E-state index contributed by atoms with van der Waals surface area (Å²) in [7, 11) is 5.51. The van der Waals surface area contributed by atoms with Crippen LogP contribution in [0.3, 0.4) is 0 Å². The van der Waals surface area contributed by atoms with Gasteiger partial charge in [-0.15, -0.1) is 0 Å². The topological polar surface area (TPSA) is 80.5 Å². The van der Waals surface area contributed by atoms with Crippen LogP contribution < -0.4 is 10.1 Å². The molecule has 0 aliphatic heterocycles. The predicted molar refractivity (Wildman–Crippen MR) is 115 cm³/mol.